The minimum atomic E-state index is -0.379. The summed E-state index contributed by atoms with van der Waals surface area (Å²) in [5, 5.41) is 19.0. The molecule has 0 N–H and O–H groups in total. The second-order valence-electron chi connectivity index (χ2n) is 14.8. The second-order valence-corrected chi connectivity index (χ2v) is 14.8. The number of ether oxygens (including phenoxy) is 2. The van der Waals surface area contributed by atoms with Crippen molar-refractivity contribution >= 4 is 0 Å². The summed E-state index contributed by atoms with van der Waals surface area (Å²) in [6.45, 7) is 30.3. The standard InChI is InChI=1S/C33H46N2O2/c1-29(2,3)23-15-21(16-24(30(4,5)6)27(23)36-19-34)33(13,14)22-17-25(31(7,8)9)28(37-20-35)26(18-22)32(10,11)12/h15-18H,1-14H3. The summed E-state index contributed by atoms with van der Waals surface area (Å²) in [6, 6.07) is 8.81. The van der Waals surface area contributed by atoms with Gasteiger partial charge >= 0.3 is 0 Å². The lowest BCUT2D eigenvalue weighted by molar-refractivity contribution is 0.444. The molecule has 200 valence electrons. The quantitative estimate of drug-likeness (QED) is 0.391. The third kappa shape index (κ3) is 6.30. The molecule has 2 aromatic carbocycles. The Bertz CT molecular complexity index is 1070. The van der Waals surface area contributed by atoms with Crippen molar-refractivity contribution in [3.63, 3.8) is 0 Å². The molecular weight excluding hydrogens is 456 g/mol. The first-order chi connectivity index (χ1) is 16.6. The SMILES string of the molecule is CC(C)(C)c1cc(C(C)(C)c2cc(C(C)(C)C)c(OC#N)c(C(C)(C)C)c2)cc(C(C)(C)C)c1OC#N. The zero-order valence-corrected chi connectivity index (χ0v) is 25.5. The van der Waals surface area contributed by atoms with Crippen LogP contribution < -0.4 is 9.47 Å². The Morgan fingerprint density at radius 3 is 0.838 bits per heavy atom. The number of hydrogen-bond donors (Lipinski definition) is 0. The Morgan fingerprint density at radius 1 is 0.459 bits per heavy atom. The molecule has 2 aromatic rings. The molecule has 4 heteroatoms. The van der Waals surface area contributed by atoms with Gasteiger partial charge in [-0.3, -0.25) is 0 Å². The maximum atomic E-state index is 9.48. The van der Waals surface area contributed by atoms with Crippen molar-refractivity contribution in [2.75, 3.05) is 0 Å². The zero-order chi connectivity index (χ0) is 28.8. The highest BCUT2D eigenvalue weighted by atomic mass is 16.5. The lowest BCUT2D eigenvalue weighted by Gasteiger charge is -2.36. The third-order valence-corrected chi connectivity index (χ3v) is 7.15. The molecule has 0 saturated carbocycles. The van der Waals surface area contributed by atoms with Crippen molar-refractivity contribution in [2.24, 2.45) is 0 Å². The molecule has 37 heavy (non-hydrogen) atoms. The monoisotopic (exact) mass is 502 g/mol. The smallest absolute Gasteiger partial charge is 0.292 e. The number of hydrogen-bond acceptors (Lipinski definition) is 4. The van der Waals surface area contributed by atoms with Gasteiger partial charge in [0.15, 0.2) is 0 Å². The van der Waals surface area contributed by atoms with E-state index < -0.39 is 0 Å². The van der Waals surface area contributed by atoms with Gasteiger partial charge in [0.2, 0.25) is 0 Å². The van der Waals surface area contributed by atoms with E-state index in [0.717, 1.165) is 33.4 Å². The van der Waals surface area contributed by atoms with Gasteiger partial charge in [0.1, 0.15) is 11.5 Å². The molecule has 0 saturated heterocycles. The Kier molecular flexibility index (Phi) is 7.94. The highest BCUT2D eigenvalue weighted by molar-refractivity contribution is 5.58. The predicted molar refractivity (Wildman–Crippen MR) is 152 cm³/mol. The summed E-state index contributed by atoms with van der Waals surface area (Å²) >= 11 is 0. The summed E-state index contributed by atoms with van der Waals surface area (Å²) < 4.78 is 11.2. The van der Waals surface area contributed by atoms with Gasteiger partial charge < -0.3 is 9.47 Å². The van der Waals surface area contributed by atoms with Crippen LogP contribution in [0.1, 0.15) is 130 Å². The molecule has 0 fully saturated rings. The van der Waals surface area contributed by atoms with Crippen LogP contribution >= 0.6 is 0 Å². The Labute approximate surface area is 225 Å². The predicted octanol–water partition coefficient (Wildman–Crippen LogP) is 8.92. The first-order valence-electron chi connectivity index (χ1n) is 13.1. The van der Waals surface area contributed by atoms with Crippen molar-refractivity contribution < 1.29 is 9.47 Å². The first-order valence-corrected chi connectivity index (χ1v) is 13.1. The molecule has 0 amide bonds. The number of nitrogens with zero attached hydrogens (tertiary/aromatic N) is 2. The molecule has 0 aliphatic heterocycles. The summed E-state index contributed by atoms with van der Waals surface area (Å²) in [6.07, 6.45) is 3.85. The number of rotatable bonds is 4. The van der Waals surface area contributed by atoms with E-state index in [1.807, 2.05) is 12.5 Å². The van der Waals surface area contributed by atoms with Crippen LogP contribution in [0.15, 0.2) is 24.3 Å². The van der Waals surface area contributed by atoms with Crippen LogP contribution in [0.3, 0.4) is 0 Å². The van der Waals surface area contributed by atoms with Crippen LogP contribution in [0.4, 0.5) is 0 Å². The normalized spacial score (nSPS) is 13.1. The van der Waals surface area contributed by atoms with E-state index in [-0.39, 0.29) is 27.1 Å². The largest absolute Gasteiger partial charge is 0.387 e. The number of nitriles is 2. The van der Waals surface area contributed by atoms with Gasteiger partial charge in [-0.1, -0.05) is 121 Å². The summed E-state index contributed by atoms with van der Waals surface area (Å²) in [5.41, 5.74) is 5.08. The van der Waals surface area contributed by atoms with E-state index in [4.69, 9.17) is 9.47 Å². The lowest BCUT2D eigenvalue weighted by atomic mass is 9.69. The molecule has 0 aromatic heterocycles. The van der Waals surface area contributed by atoms with Gasteiger partial charge in [0.05, 0.1) is 0 Å². The van der Waals surface area contributed by atoms with Crippen molar-refractivity contribution in [3.8, 4) is 24.0 Å². The molecule has 2 rings (SSSR count). The van der Waals surface area contributed by atoms with Gasteiger partial charge in [-0.15, -0.1) is 10.5 Å². The molecule has 0 aliphatic carbocycles. The summed E-state index contributed by atoms with van der Waals surface area (Å²) in [4.78, 5) is 0. The topological polar surface area (TPSA) is 66.0 Å². The molecule has 0 unspecified atom stereocenters. The third-order valence-electron chi connectivity index (χ3n) is 7.15. The van der Waals surface area contributed by atoms with E-state index in [9.17, 15) is 10.5 Å². The maximum Gasteiger partial charge on any atom is 0.292 e. The van der Waals surface area contributed by atoms with E-state index in [0.29, 0.717) is 11.5 Å². The lowest BCUT2D eigenvalue weighted by Crippen LogP contribution is -2.27. The molecule has 0 heterocycles. The molecule has 0 atom stereocenters. The van der Waals surface area contributed by atoms with Crippen LogP contribution in [0.25, 0.3) is 0 Å². The highest BCUT2D eigenvalue weighted by Crippen LogP contribution is 2.47. The maximum absolute atomic E-state index is 9.48. The Morgan fingerprint density at radius 2 is 0.676 bits per heavy atom. The van der Waals surface area contributed by atoms with Gasteiger partial charge in [0, 0.05) is 27.7 Å². The van der Waals surface area contributed by atoms with E-state index >= 15 is 0 Å². The Hall–Kier alpha value is -2.98. The van der Waals surface area contributed by atoms with E-state index in [1.54, 1.807) is 0 Å². The molecule has 0 radical (unpaired) electrons. The summed E-state index contributed by atoms with van der Waals surface area (Å²) in [5.74, 6) is 1.32. The molecule has 0 aliphatic rings. The fourth-order valence-corrected chi connectivity index (χ4v) is 4.69. The summed E-state index contributed by atoms with van der Waals surface area (Å²) in [7, 11) is 0. The van der Waals surface area contributed by atoms with Crippen LogP contribution in [-0.4, -0.2) is 0 Å². The van der Waals surface area contributed by atoms with E-state index in [2.05, 4.69) is 121 Å². The average molecular weight is 503 g/mol. The van der Waals surface area contributed by atoms with Gasteiger partial charge in [-0.2, -0.15) is 0 Å². The highest BCUT2D eigenvalue weighted by Gasteiger charge is 2.35. The van der Waals surface area contributed by atoms with Crippen LogP contribution in [-0.2, 0) is 27.1 Å². The Balaban J connectivity index is 3.04. The zero-order valence-electron chi connectivity index (χ0n) is 25.5. The van der Waals surface area contributed by atoms with Crippen molar-refractivity contribution in [2.45, 2.75) is 124 Å². The van der Waals surface area contributed by atoms with Crippen molar-refractivity contribution in [3.05, 3.63) is 57.6 Å². The van der Waals surface area contributed by atoms with Crippen molar-refractivity contribution in [1.29, 1.82) is 10.5 Å². The minimum Gasteiger partial charge on any atom is -0.387 e. The molecule has 0 spiro atoms. The van der Waals surface area contributed by atoms with Gasteiger partial charge in [-0.25, -0.2) is 0 Å². The molecule has 0 bridgehead atoms. The second kappa shape index (κ2) is 9.72. The van der Waals surface area contributed by atoms with Crippen LogP contribution in [0.5, 0.6) is 11.5 Å². The van der Waals surface area contributed by atoms with E-state index in [1.165, 1.54) is 0 Å². The fourth-order valence-electron chi connectivity index (χ4n) is 4.69. The fraction of sp³-hybridized carbons (Fsp3) is 0.576. The van der Waals surface area contributed by atoms with Gasteiger partial charge in [-0.05, 0) is 32.8 Å². The van der Waals surface area contributed by atoms with Crippen LogP contribution in [0.2, 0.25) is 0 Å². The van der Waals surface area contributed by atoms with Gasteiger partial charge in [0.25, 0.3) is 12.5 Å². The van der Waals surface area contributed by atoms with Crippen LogP contribution in [0, 0.1) is 23.0 Å². The van der Waals surface area contributed by atoms with Crippen molar-refractivity contribution in [1.82, 2.24) is 0 Å². The molecule has 4 nitrogen and oxygen atoms in total. The minimum absolute atomic E-state index is 0.226. The number of benzene rings is 2. The average Bonchev–Trinajstić information content (AvgIpc) is 2.70. The first kappa shape index (κ1) is 30.2. The molecular formula is C33H46N2O2.